The molecule has 2 aromatic carbocycles. The lowest BCUT2D eigenvalue weighted by molar-refractivity contribution is 0.0733. The van der Waals surface area contributed by atoms with E-state index in [9.17, 15) is 9.59 Å². The first-order valence-electron chi connectivity index (χ1n) is 9.63. The maximum absolute atomic E-state index is 12.2. The molecule has 0 amide bonds. The molecule has 0 saturated heterocycles. The lowest BCUT2D eigenvalue weighted by atomic mass is 10.1. The largest absolute Gasteiger partial charge is 0.494 e. The summed E-state index contributed by atoms with van der Waals surface area (Å²) in [5.74, 6) is -0.155. The van der Waals surface area contributed by atoms with Crippen LogP contribution in [0.25, 0.3) is 0 Å². The quantitative estimate of drug-likeness (QED) is 0.434. The third-order valence-corrected chi connectivity index (χ3v) is 4.26. The molecule has 0 aromatic heterocycles. The molecule has 0 aliphatic heterocycles. The third-order valence-electron chi connectivity index (χ3n) is 4.26. The van der Waals surface area contributed by atoms with Gasteiger partial charge in [-0.1, -0.05) is 39.0 Å². The van der Waals surface area contributed by atoms with Gasteiger partial charge >= 0.3 is 5.97 Å². The first-order chi connectivity index (χ1) is 13.6. The monoisotopic (exact) mass is 379 g/mol. The molecule has 0 radical (unpaired) electrons. The number of esters is 1. The highest BCUT2D eigenvalue weighted by molar-refractivity contribution is 5.91. The van der Waals surface area contributed by atoms with Crippen LogP contribution in [0, 0.1) is 11.3 Å². The predicted molar refractivity (Wildman–Crippen MR) is 108 cm³/mol. The van der Waals surface area contributed by atoms with Crippen molar-refractivity contribution in [2.75, 3.05) is 6.61 Å². The minimum absolute atomic E-state index is 0.0659. The average Bonchev–Trinajstić information content (AvgIpc) is 2.89. The van der Waals surface area contributed by atoms with Crippen LogP contribution in [0.5, 0.6) is 11.5 Å². The number of hydrogen-bond acceptors (Lipinski definition) is 5. The van der Waals surface area contributed by atoms with E-state index in [-0.39, 0.29) is 11.3 Å². The van der Waals surface area contributed by atoms with Crippen molar-refractivity contribution in [1.82, 2.24) is 0 Å². The molecular weight excluding hydrogens is 354 g/mol. The molecule has 0 N–H and O–H groups in total. The molecule has 0 aliphatic rings. The molecule has 146 valence electrons. The van der Waals surface area contributed by atoms with E-state index in [1.54, 1.807) is 12.1 Å². The van der Waals surface area contributed by atoms with Gasteiger partial charge in [-0.25, -0.2) is 4.79 Å². The highest BCUT2D eigenvalue weighted by Gasteiger charge is 2.10. The molecule has 5 nitrogen and oxygen atoms in total. The third kappa shape index (κ3) is 6.88. The Morgan fingerprint density at radius 3 is 2.32 bits per heavy atom. The SMILES string of the molecule is CCCCCCCCOc1ccc(OC(=O)c2ccc(C#N)cc2)c(=O)cc1. The van der Waals surface area contributed by atoms with Crippen molar-refractivity contribution < 1.29 is 14.3 Å². The van der Waals surface area contributed by atoms with Crippen molar-refractivity contribution in [2.45, 2.75) is 45.4 Å². The maximum Gasteiger partial charge on any atom is 0.343 e. The number of nitriles is 1. The van der Waals surface area contributed by atoms with E-state index in [0.717, 1.165) is 12.8 Å². The normalized spacial score (nSPS) is 10.1. The fourth-order valence-electron chi connectivity index (χ4n) is 2.63. The molecular formula is C23H25NO4. The highest BCUT2D eigenvalue weighted by Crippen LogP contribution is 2.14. The van der Waals surface area contributed by atoms with Crippen molar-refractivity contribution in [1.29, 1.82) is 5.26 Å². The number of benzene rings is 1. The second kappa shape index (κ2) is 11.6. The van der Waals surface area contributed by atoms with Crippen LogP contribution in [0.3, 0.4) is 0 Å². The Morgan fingerprint density at radius 2 is 1.61 bits per heavy atom. The minimum atomic E-state index is -0.651. The van der Waals surface area contributed by atoms with E-state index in [1.165, 1.54) is 62.1 Å². The first kappa shape index (κ1) is 21.2. The highest BCUT2D eigenvalue weighted by atomic mass is 16.5. The van der Waals surface area contributed by atoms with Gasteiger partial charge in [0.15, 0.2) is 5.75 Å². The Hall–Kier alpha value is -3.13. The predicted octanol–water partition coefficient (Wildman–Crippen LogP) is 4.88. The first-order valence-corrected chi connectivity index (χ1v) is 9.63. The summed E-state index contributed by atoms with van der Waals surface area (Å²) < 4.78 is 10.9. The summed E-state index contributed by atoms with van der Waals surface area (Å²) in [7, 11) is 0. The second-order valence-electron chi connectivity index (χ2n) is 6.49. The van der Waals surface area contributed by atoms with Crippen molar-refractivity contribution >= 4 is 5.97 Å². The van der Waals surface area contributed by atoms with Gasteiger partial charge < -0.3 is 9.47 Å². The van der Waals surface area contributed by atoms with E-state index in [2.05, 4.69) is 6.92 Å². The van der Waals surface area contributed by atoms with Crippen LogP contribution < -0.4 is 14.9 Å². The zero-order valence-electron chi connectivity index (χ0n) is 16.1. The van der Waals surface area contributed by atoms with Gasteiger partial charge in [0.05, 0.1) is 23.8 Å². The fraction of sp³-hybridized carbons (Fsp3) is 0.348. The summed E-state index contributed by atoms with van der Waals surface area (Å²) in [6, 6.07) is 14.0. The molecule has 0 saturated carbocycles. The van der Waals surface area contributed by atoms with Crippen molar-refractivity contribution in [3.63, 3.8) is 0 Å². The lowest BCUT2D eigenvalue weighted by Gasteiger charge is -2.04. The van der Waals surface area contributed by atoms with Gasteiger partial charge in [-0.15, -0.1) is 0 Å². The summed E-state index contributed by atoms with van der Waals surface area (Å²) in [5, 5.41) is 8.80. The van der Waals surface area contributed by atoms with E-state index in [1.807, 2.05) is 6.07 Å². The summed E-state index contributed by atoms with van der Waals surface area (Å²) >= 11 is 0. The zero-order chi connectivity index (χ0) is 20.2. The Bertz CT molecular complexity index is 869. The number of carbonyl (C=O) groups excluding carboxylic acids is 1. The number of nitrogens with zero attached hydrogens (tertiary/aromatic N) is 1. The second-order valence-corrected chi connectivity index (χ2v) is 6.49. The standard InChI is InChI=1S/C23H25NO4/c1-2-3-4-5-6-7-16-27-20-12-14-21(25)22(15-13-20)28-23(26)19-10-8-18(17-24)9-11-19/h8-15H,2-7,16H2,1H3. The zero-order valence-corrected chi connectivity index (χ0v) is 16.1. The van der Waals surface area contributed by atoms with E-state index >= 15 is 0 Å². The van der Waals surface area contributed by atoms with Crippen LogP contribution >= 0.6 is 0 Å². The molecule has 0 aliphatic carbocycles. The van der Waals surface area contributed by atoms with Crippen LogP contribution in [-0.2, 0) is 0 Å². The van der Waals surface area contributed by atoms with Gasteiger partial charge in [0.1, 0.15) is 5.75 Å². The smallest absolute Gasteiger partial charge is 0.343 e. The molecule has 28 heavy (non-hydrogen) atoms. The molecule has 2 aromatic rings. The topological polar surface area (TPSA) is 76.4 Å². The summed E-state index contributed by atoms with van der Waals surface area (Å²) in [6.07, 6.45) is 7.05. The van der Waals surface area contributed by atoms with Crippen LogP contribution in [0.15, 0.2) is 53.3 Å². The van der Waals surface area contributed by atoms with Crippen LogP contribution in [-0.4, -0.2) is 12.6 Å². The van der Waals surface area contributed by atoms with Crippen molar-refractivity contribution in [2.24, 2.45) is 0 Å². The van der Waals surface area contributed by atoms with Crippen LogP contribution in [0.2, 0.25) is 0 Å². The van der Waals surface area contributed by atoms with Gasteiger partial charge in [0, 0.05) is 0 Å². The lowest BCUT2D eigenvalue weighted by Crippen LogP contribution is -2.13. The maximum atomic E-state index is 12.2. The number of carbonyl (C=O) groups is 1. The van der Waals surface area contributed by atoms with Crippen LogP contribution in [0.1, 0.15) is 61.4 Å². The molecule has 0 unspecified atom stereocenters. The minimum Gasteiger partial charge on any atom is -0.494 e. The summed E-state index contributed by atoms with van der Waals surface area (Å²) in [4.78, 5) is 24.3. The van der Waals surface area contributed by atoms with Gasteiger partial charge in [0.25, 0.3) is 0 Å². The van der Waals surface area contributed by atoms with Crippen LogP contribution in [0.4, 0.5) is 0 Å². The molecule has 0 bridgehead atoms. The average molecular weight is 379 g/mol. The molecule has 0 spiro atoms. The Labute approximate surface area is 165 Å². The molecule has 0 atom stereocenters. The summed E-state index contributed by atoms with van der Waals surface area (Å²) in [6.45, 7) is 2.78. The van der Waals surface area contributed by atoms with Crippen molar-refractivity contribution in [3.8, 4) is 17.6 Å². The van der Waals surface area contributed by atoms with Gasteiger partial charge in [-0.3, -0.25) is 4.79 Å². The Kier molecular flexibility index (Phi) is 8.74. The molecule has 0 fully saturated rings. The van der Waals surface area contributed by atoms with Gasteiger partial charge in [0.2, 0.25) is 5.43 Å². The Morgan fingerprint density at radius 1 is 0.929 bits per heavy atom. The molecule has 5 heteroatoms. The van der Waals surface area contributed by atoms with E-state index in [0.29, 0.717) is 17.9 Å². The summed E-state index contributed by atoms with van der Waals surface area (Å²) in [5.41, 5.74) is 0.306. The van der Waals surface area contributed by atoms with Gasteiger partial charge in [-0.05, 0) is 55.0 Å². The number of ether oxygens (including phenoxy) is 2. The fourth-order valence-corrected chi connectivity index (χ4v) is 2.63. The number of rotatable bonds is 10. The number of hydrogen-bond donors (Lipinski definition) is 0. The molecule has 2 rings (SSSR count). The van der Waals surface area contributed by atoms with E-state index < -0.39 is 11.4 Å². The number of unbranched alkanes of at least 4 members (excludes halogenated alkanes) is 5. The molecule has 0 heterocycles. The van der Waals surface area contributed by atoms with Gasteiger partial charge in [-0.2, -0.15) is 5.26 Å². The van der Waals surface area contributed by atoms with E-state index in [4.69, 9.17) is 14.7 Å². The van der Waals surface area contributed by atoms with Crippen molar-refractivity contribution in [3.05, 3.63) is 69.9 Å². The Balaban J connectivity index is 1.91.